The summed E-state index contributed by atoms with van der Waals surface area (Å²) in [6.45, 7) is 4.17. The Morgan fingerprint density at radius 3 is 2.31 bits per heavy atom. The number of anilines is 1. The van der Waals surface area contributed by atoms with Crippen molar-refractivity contribution in [3.63, 3.8) is 0 Å². The lowest BCUT2D eigenvalue weighted by molar-refractivity contribution is -0.121. The number of rotatable bonds is 7. The molecular formula is C29H31N2O4S. The van der Waals surface area contributed by atoms with Crippen LogP contribution in [0.25, 0.3) is 22.4 Å². The molecule has 1 aromatic heterocycles. The predicted molar refractivity (Wildman–Crippen MR) is 143 cm³/mol. The molecule has 1 aliphatic carbocycles. The average Bonchev–Trinajstić information content (AvgIpc) is 2.82. The van der Waals surface area contributed by atoms with Gasteiger partial charge in [0.15, 0.2) is 16.4 Å². The summed E-state index contributed by atoms with van der Waals surface area (Å²) in [5, 5.41) is 0. The topological polar surface area (TPSA) is 76.6 Å². The van der Waals surface area contributed by atoms with E-state index in [4.69, 9.17) is 9.72 Å². The molecule has 5 rings (SSSR count). The van der Waals surface area contributed by atoms with Crippen molar-refractivity contribution in [3.05, 3.63) is 72.1 Å². The van der Waals surface area contributed by atoms with Gasteiger partial charge in [-0.05, 0) is 47.8 Å². The van der Waals surface area contributed by atoms with E-state index in [0.717, 1.165) is 35.1 Å². The summed E-state index contributed by atoms with van der Waals surface area (Å²) in [6.07, 6.45) is 5.91. The Morgan fingerprint density at radius 1 is 1.03 bits per heavy atom. The van der Waals surface area contributed by atoms with Crippen LogP contribution in [0.4, 0.5) is 5.69 Å². The van der Waals surface area contributed by atoms with E-state index in [1.54, 1.807) is 0 Å². The third kappa shape index (κ3) is 4.76. The maximum Gasteiger partial charge on any atom is 0.266 e. The summed E-state index contributed by atoms with van der Waals surface area (Å²) >= 11 is 0. The van der Waals surface area contributed by atoms with E-state index < -0.39 is 21.6 Å². The van der Waals surface area contributed by atoms with Gasteiger partial charge < -0.3 is 4.74 Å². The van der Waals surface area contributed by atoms with Crippen molar-refractivity contribution in [1.29, 1.82) is 0 Å². The van der Waals surface area contributed by atoms with Crippen LogP contribution >= 0.6 is 0 Å². The van der Waals surface area contributed by atoms with Crippen molar-refractivity contribution in [2.45, 2.75) is 44.9 Å². The number of benzene rings is 2. The van der Waals surface area contributed by atoms with Crippen LogP contribution in [0.3, 0.4) is 0 Å². The molecule has 1 aliphatic heterocycles. The number of pyridine rings is 1. The molecule has 0 spiro atoms. The fraction of sp³-hybridized carbons (Fsp3) is 0.345. The van der Waals surface area contributed by atoms with Crippen molar-refractivity contribution in [1.82, 2.24) is 4.98 Å². The van der Waals surface area contributed by atoms with Gasteiger partial charge >= 0.3 is 0 Å². The summed E-state index contributed by atoms with van der Waals surface area (Å²) in [6, 6.07) is 20.3. The molecule has 1 saturated carbocycles. The van der Waals surface area contributed by atoms with Gasteiger partial charge in [0, 0.05) is 17.4 Å². The lowest BCUT2D eigenvalue weighted by Gasteiger charge is -2.44. The van der Waals surface area contributed by atoms with Gasteiger partial charge in [0.2, 0.25) is 5.88 Å². The molecule has 187 valence electrons. The second-order valence-electron chi connectivity index (χ2n) is 10.3. The molecule has 2 aliphatic rings. The number of carbonyl (C=O) groups excluding carboxylic acids is 1. The number of sulfone groups is 1. The van der Waals surface area contributed by atoms with E-state index in [1.165, 1.54) is 35.6 Å². The van der Waals surface area contributed by atoms with E-state index in [1.807, 2.05) is 36.4 Å². The van der Waals surface area contributed by atoms with Crippen LogP contribution < -0.4 is 9.64 Å². The molecule has 2 heterocycles. The molecule has 0 saturated heterocycles. The maximum atomic E-state index is 12.6. The fourth-order valence-electron chi connectivity index (χ4n) is 5.39. The van der Waals surface area contributed by atoms with Gasteiger partial charge in [-0.1, -0.05) is 74.9 Å². The first-order valence-corrected chi connectivity index (χ1v) is 14.3. The van der Waals surface area contributed by atoms with Crippen LogP contribution in [0.15, 0.2) is 60.7 Å². The zero-order valence-electron chi connectivity index (χ0n) is 21.0. The largest absolute Gasteiger partial charge is 0.466 e. The van der Waals surface area contributed by atoms with Crippen LogP contribution in [0.5, 0.6) is 5.88 Å². The summed E-state index contributed by atoms with van der Waals surface area (Å²) in [5.74, 6) is 0.900. The fourth-order valence-corrected chi connectivity index (χ4v) is 6.14. The Balaban J connectivity index is 1.61. The van der Waals surface area contributed by atoms with E-state index in [-0.39, 0.29) is 17.9 Å². The number of amides is 1. The second-order valence-corrected chi connectivity index (χ2v) is 12.4. The first kappa shape index (κ1) is 24.5. The number of hydrogen-bond acceptors (Lipinski definition) is 5. The van der Waals surface area contributed by atoms with Gasteiger partial charge in [-0.25, -0.2) is 13.4 Å². The van der Waals surface area contributed by atoms with E-state index >= 15 is 0 Å². The zero-order chi connectivity index (χ0) is 25.5. The highest BCUT2D eigenvalue weighted by Gasteiger charge is 2.39. The lowest BCUT2D eigenvalue weighted by Crippen LogP contribution is -2.42. The van der Waals surface area contributed by atoms with E-state index in [0.29, 0.717) is 5.69 Å². The second kappa shape index (κ2) is 9.36. The quantitative estimate of drug-likeness (QED) is 0.421. The normalized spacial score (nSPS) is 16.9. The number of nitrogens with zero attached hydrogens (tertiary/aromatic N) is 2. The number of carbonyl (C=O) groups is 1. The number of ether oxygens (including phenoxy) is 1. The minimum absolute atomic E-state index is 0.235. The third-order valence-corrected chi connectivity index (χ3v) is 7.84. The van der Waals surface area contributed by atoms with Gasteiger partial charge in [-0.3, -0.25) is 9.69 Å². The van der Waals surface area contributed by atoms with Gasteiger partial charge in [-0.2, -0.15) is 0 Å². The van der Waals surface area contributed by atoms with Gasteiger partial charge in [0.1, 0.15) is 11.6 Å². The molecule has 2 aromatic carbocycles. The summed E-state index contributed by atoms with van der Waals surface area (Å²) in [5.41, 5.74) is 5.39. The van der Waals surface area contributed by atoms with Crippen LogP contribution in [0.2, 0.25) is 0 Å². The molecule has 1 amide bonds. The molecule has 0 atom stereocenters. The molecule has 36 heavy (non-hydrogen) atoms. The van der Waals surface area contributed by atoms with E-state index in [9.17, 15) is 13.2 Å². The molecule has 1 radical (unpaired) electrons. The highest BCUT2D eigenvalue weighted by molar-refractivity contribution is 7.90. The van der Waals surface area contributed by atoms with Crippen molar-refractivity contribution in [3.8, 4) is 28.3 Å². The van der Waals surface area contributed by atoms with Crippen molar-refractivity contribution >= 4 is 21.4 Å². The van der Waals surface area contributed by atoms with Crippen molar-refractivity contribution in [2.24, 2.45) is 0 Å². The highest BCUT2D eigenvalue weighted by Crippen LogP contribution is 2.49. The zero-order valence-corrected chi connectivity index (χ0v) is 21.8. The SMILES string of the molecule is C[C](C)CC1(c2ccc(-c3nc4c(cc3-c3ccccc3)N(CS(C)(=O)=O)C(=O)CO4)cc2)CCC1. The molecule has 1 fully saturated rings. The van der Waals surface area contributed by atoms with Crippen LogP contribution in [0, 0.1) is 5.92 Å². The highest BCUT2D eigenvalue weighted by atomic mass is 32.2. The average molecular weight is 504 g/mol. The first-order valence-electron chi connectivity index (χ1n) is 12.3. The predicted octanol–water partition coefficient (Wildman–Crippen LogP) is 5.57. The first-order chi connectivity index (χ1) is 17.2. The minimum atomic E-state index is -3.44. The molecule has 0 bridgehead atoms. The Hall–Kier alpha value is -3.19. The van der Waals surface area contributed by atoms with Crippen molar-refractivity contribution in [2.75, 3.05) is 23.6 Å². The smallest absolute Gasteiger partial charge is 0.266 e. The molecule has 0 N–H and O–H groups in total. The van der Waals surface area contributed by atoms with Gasteiger partial charge in [-0.15, -0.1) is 0 Å². The van der Waals surface area contributed by atoms with Crippen LogP contribution in [-0.2, 0) is 20.0 Å². The number of aromatic nitrogens is 1. The van der Waals surface area contributed by atoms with Gasteiger partial charge in [0.05, 0.1) is 5.69 Å². The number of fused-ring (bicyclic) bond motifs is 1. The third-order valence-electron chi connectivity index (χ3n) is 7.11. The molecule has 7 heteroatoms. The monoisotopic (exact) mass is 503 g/mol. The molecule has 3 aromatic rings. The summed E-state index contributed by atoms with van der Waals surface area (Å²) < 4.78 is 29.8. The summed E-state index contributed by atoms with van der Waals surface area (Å²) in [7, 11) is -3.44. The van der Waals surface area contributed by atoms with Crippen LogP contribution in [0.1, 0.15) is 45.1 Å². The standard InChI is InChI=1S/C29H31N2O4S/c1-20(2)17-29(14-7-15-29)23-12-10-22(11-13-23)27-24(21-8-5-4-6-9-21)16-25-28(30-27)35-18-26(32)31(25)19-36(3,33)34/h4-6,8-13,16H,7,14-15,17-19H2,1-3H3. The Morgan fingerprint density at radius 2 is 1.72 bits per heavy atom. The van der Waals surface area contributed by atoms with E-state index in [2.05, 4.69) is 38.1 Å². The molecular weight excluding hydrogens is 472 g/mol. The lowest BCUT2D eigenvalue weighted by atomic mass is 9.61. The Kier molecular flexibility index (Phi) is 6.37. The Labute approximate surface area is 213 Å². The number of hydrogen-bond donors (Lipinski definition) is 0. The van der Waals surface area contributed by atoms with Crippen molar-refractivity contribution < 1.29 is 17.9 Å². The molecule has 6 nitrogen and oxygen atoms in total. The van der Waals surface area contributed by atoms with Crippen LogP contribution in [-0.4, -0.2) is 38.0 Å². The minimum Gasteiger partial charge on any atom is -0.466 e. The Bertz CT molecular complexity index is 1380. The molecule has 0 unspecified atom stereocenters. The maximum absolute atomic E-state index is 12.6. The van der Waals surface area contributed by atoms with Gasteiger partial charge in [0.25, 0.3) is 5.91 Å². The summed E-state index contributed by atoms with van der Waals surface area (Å²) in [4.78, 5) is 18.7.